The van der Waals surface area contributed by atoms with Crippen molar-refractivity contribution in [2.45, 2.75) is 6.42 Å². The van der Waals surface area contributed by atoms with Crippen LogP contribution in [0.4, 0.5) is 0 Å². The van der Waals surface area contributed by atoms with Crippen LogP contribution >= 0.6 is 0 Å². The molecule has 5 heavy (non-hydrogen) atoms. The highest BCUT2D eigenvalue weighted by atomic mass is 16.1. The van der Waals surface area contributed by atoms with Gasteiger partial charge in [-0.05, 0) is 0 Å². The summed E-state index contributed by atoms with van der Waals surface area (Å²) in [5.41, 5.74) is 0. The van der Waals surface area contributed by atoms with Gasteiger partial charge in [0.05, 0.1) is 0 Å². The average Bonchev–Trinajstić information content (AvgIpc) is 1.41. The van der Waals surface area contributed by atoms with Crippen molar-refractivity contribution < 1.29 is 4.79 Å². The smallest absolute Gasteiger partial charge is 0.123 e. The molecule has 0 rings (SSSR count). The van der Waals surface area contributed by atoms with E-state index in [1.165, 1.54) is 6.08 Å². The van der Waals surface area contributed by atoms with Crippen molar-refractivity contribution in [3.63, 3.8) is 0 Å². The Morgan fingerprint density at radius 1 is 1.80 bits per heavy atom. The maximum Gasteiger partial charge on any atom is 0.123 e. The minimum Gasteiger partial charge on any atom is -0.303 e. The first-order valence-electron chi connectivity index (χ1n) is 1.39. The number of carbonyl (C=O) groups excluding carboxylic acids is 1. The van der Waals surface area contributed by atoms with Gasteiger partial charge in [-0.15, -0.1) is 0 Å². The van der Waals surface area contributed by atoms with E-state index in [1.54, 1.807) is 0 Å². The summed E-state index contributed by atoms with van der Waals surface area (Å²) >= 11 is 0. The van der Waals surface area contributed by atoms with Crippen molar-refractivity contribution in [2.24, 2.45) is 0 Å². The molecule has 0 saturated heterocycles. The van der Waals surface area contributed by atoms with E-state index in [0.717, 1.165) is 6.29 Å². The van der Waals surface area contributed by atoms with Crippen LogP contribution in [0.5, 0.6) is 0 Å². The van der Waals surface area contributed by atoms with Gasteiger partial charge in [0, 0.05) is 6.42 Å². The van der Waals surface area contributed by atoms with E-state index in [-0.39, 0.29) is 0 Å². The molecule has 1 nitrogen and oxygen atoms in total. The molecule has 27 valence electrons. The monoisotopic (exact) mass is 69.0 g/mol. The summed E-state index contributed by atoms with van der Waals surface area (Å²) in [5, 5.41) is 0. The van der Waals surface area contributed by atoms with Gasteiger partial charge in [-0.2, -0.15) is 0 Å². The highest BCUT2D eigenvalue weighted by Gasteiger charge is 1.59. The summed E-state index contributed by atoms with van der Waals surface area (Å²) in [6.45, 7) is 4.78. The SMILES string of the molecule is [CH]=CCC=O. The van der Waals surface area contributed by atoms with E-state index in [1.807, 2.05) is 0 Å². The van der Waals surface area contributed by atoms with Crippen molar-refractivity contribution in [1.29, 1.82) is 0 Å². The molecule has 0 atom stereocenters. The van der Waals surface area contributed by atoms with Gasteiger partial charge < -0.3 is 4.79 Å². The molecule has 0 bridgehead atoms. The second-order valence-electron chi connectivity index (χ2n) is 0.638. The van der Waals surface area contributed by atoms with Crippen LogP contribution in [0.1, 0.15) is 6.42 Å². The molecule has 0 aromatic carbocycles. The zero-order valence-electron chi connectivity index (χ0n) is 2.85. The van der Waals surface area contributed by atoms with Gasteiger partial charge in [0.15, 0.2) is 0 Å². The summed E-state index contributed by atoms with van der Waals surface area (Å²) in [4.78, 5) is 9.29. The summed E-state index contributed by atoms with van der Waals surface area (Å²) in [5.74, 6) is 0. The fourth-order valence-electron chi connectivity index (χ4n) is 0.0556. The molecule has 0 aliphatic heterocycles. The number of allylic oxidation sites excluding steroid dienone is 1. The number of hydrogen-bond donors (Lipinski definition) is 0. The van der Waals surface area contributed by atoms with Crippen LogP contribution in [-0.2, 0) is 4.79 Å². The molecule has 1 heteroatoms. The Morgan fingerprint density at radius 3 is 2.40 bits per heavy atom. The van der Waals surface area contributed by atoms with Crippen LogP contribution in [0, 0.1) is 6.58 Å². The Balaban J connectivity index is 2.65. The molecule has 0 heterocycles. The van der Waals surface area contributed by atoms with Crippen molar-refractivity contribution in [3.05, 3.63) is 12.7 Å². The van der Waals surface area contributed by atoms with Crippen molar-refractivity contribution in [1.82, 2.24) is 0 Å². The Kier molecular flexibility index (Phi) is 3.01. The molecule has 0 saturated carbocycles. The van der Waals surface area contributed by atoms with Gasteiger partial charge in [0.1, 0.15) is 6.29 Å². The largest absolute Gasteiger partial charge is 0.303 e. The third-order valence-electron chi connectivity index (χ3n) is 0.232. The lowest BCUT2D eigenvalue weighted by atomic mass is 10.5. The topological polar surface area (TPSA) is 17.1 Å². The second-order valence-corrected chi connectivity index (χ2v) is 0.638. The van der Waals surface area contributed by atoms with Crippen molar-refractivity contribution >= 4 is 6.29 Å². The predicted molar refractivity (Wildman–Crippen MR) is 19.6 cm³/mol. The summed E-state index contributed by atoms with van der Waals surface area (Å²) in [6, 6.07) is 0. The number of carbonyl (C=O) groups is 1. The maximum atomic E-state index is 9.29. The standard InChI is InChI=1S/C4H5O/c1-2-3-4-5/h1-2,4H,3H2. The van der Waals surface area contributed by atoms with E-state index < -0.39 is 0 Å². The molecular weight excluding hydrogens is 64.0 g/mol. The molecule has 0 aliphatic rings. The van der Waals surface area contributed by atoms with E-state index in [2.05, 4.69) is 0 Å². The Morgan fingerprint density at radius 2 is 2.40 bits per heavy atom. The third-order valence-corrected chi connectivity index (χ3v) is 0.232. The van der Waals surface area contributed by atoms with Crippen LogP contribution in [0.3, 0.4) is 0 Å². The highest BCUT2D eigenvalue weighted by Crippen LogP contribution is 1.63. The van der Waals surface area contributed by atoms with Gasteiger partial charge in [-0.3, -0.25) is 0 Å². The first-order valence-corrected chi connectivity index (χ1v) is 1.39. The maximum absolute atomic E-state index is 9.29. The third kappa shape index (κ3) is 3.41. The molecule has 0 aromatic heterocycles. The van der Waals surface area contributed by atoms with Crippen LogP contribution in [0.2, 0.25) is 0 Å². The molecule has 0 unspecified atom stereocenters. The van der Waals surface area contributed by atoms with Crippen LogP contribution in [0.25, 0.3) is 0 Å². The van der Waals surface area contributed by atoms with Gasteiger partial charge in [0.25, 0.3) is 0 Å². The first-order chi connectivity index (χ1) is 2.41. The quantitative estimate of drug-likeness (QED) is 0.433. The van der Waals surface area contributed by atoms with Crippen LogP contribution < -0.4 is 0 Å². The molecule has 0 aromatic rings. The van der Waals surface area contributed by atoms with Gasteiger partial charge in [-0.25, -0.2) is 0 Å². The zero-order chi connectivity index (χ0) is 4.12. The summed E-state index contributed by atoms with van der Waals surface area (Å²) < 4.78 is 0. The molecule has 0 fully saturated rings. The Bertz CT molecular complexity index is 32.9. The van der Waals surface area contributed by atoms with Gasteiger partial charge >= 0.3 is 0 Å². The minimum atomic E-state index is 0.361. The number of rotatable bonds is 2. The molecule has 0 amide bonds. The fraction of sp³-hybridized carbons (Fsp3) is 0.250. The van der Waals surface area contributed by atoms with Crippen molar-refractivity contribution in [2.75, 3.05) is 0 Å². The first kappa shape index (κ1) is 4.41. The molecular formula is C4H5O. The van der Waals surface area contributed by atoms with E-state index in [9.17, 15) is 4.79 Å². The van der Waals surface area contributed by atoms with Gasteiger partial charge in [-0.1, -0.05) is 12.7 Å². The summed E-state index contributed by atoms with van der Waals surface area (Å²) in [7, 11) is 0. The predicted octanol–water partition coefficient (Wildman–Crippen LogP) is 0.565. The molecule has 0 spiro atoms. The number of aldehydes is 1. The van der Waals surface area contributed by atoms with Crippen LogP contribution in [-0.4, -0.2) is 6.29 Å². The fourth-order valence-corrected chi connectivity index (χ4v) is 0.0556. The number of hydrogen-bond acceptors (Lipinski definition) is 1. The molecule has 0 N–H and O–H groups in total. The highest BCUT2D eigenvalue weighted by molar-refractivity contribution is 5.51. The van der Waals surface area contributed by atoms with E-state index in [4.69, 9.17) is 6.58 Å². The average molecular weight is 69.1 g/mol. The lowest BCUT2D eigenvalue weighted by Gasteiger charge is -1.58. The summed E-state index contributed by atoms with van der Waals surface area (Å²) in [6.07, 6.45) is 2.42. The zero-order valence-corrected chi connectivity index (χ0v) is 2.85. The lowest BCUT2D eigenvalue weighted by molar-refractivity contribution is -0.107. The van der Waals surface area contributed by atoms with E-state index >= 15 is 0 Å². The molecule has 1 radical (unpaired) electrons. The van der Waals surface area contributed by atoms with Gasteiger partial charge in [0.2, 0.25) is 0 Å². The lowest BCUT2D eigenvalue weighted by Crippen LogP contribution is -1.59. The minimum absolute atomic E-state index is 0.361. The van der Waals surface area contributed by atoms with E-state index in [0.29, 0.717) is 6.42 Å². The van der Waals surface area contributed by atoms with Crippen molar-refractivity contribution in [3.8, 4) is 0 Å². The Hall–Kier alpha value is -0.590. The second kappa shape index (κ2) is 3.41. The normalized spacial score (nSPS) is 6.40. The van der Waals surface area contributed by atoms with Crippen LogP contribution in [0.15, 0.2) is 6.08 Å². The Labute approximate surface area is 31.3 Å². The molecule has 0 aliphatic carbocycles.